The lowest BCUT2D eigenvalue weighted by molar-refractivity contribution is 1.01. The van der Waals surface area contributed by atoms with Crippen LogP contribution in [-0.4, -0.2) is 35.8 Å². The summed E-state index contributed by atoms with van der Waals surface area (Å²) in [7, 11) is 0. The third-order valence-electron chi connectivity index (χ3n) is 6.83. The third-order valence-corrected chi connectivity index (χ3v) is 6.83. The van der Waals surface area contributed by atoms with E-state index in [1.54, 1.807) is 12.4 Å². The van der Waals surface area contributed by atoms with Gasteiger partial charge in [0.1, 0.15) is 0 Å². The Morgan fingerprint density at radius 1 is 0.865 bits per heavy atom. The Bertz CT molecular complexity index is 2010. The maximum atomic E-state index is 4.98. The van der Waals surface area contributed by atoms with Crippen LogP contribution in [0.4, 0.5) is 0 Å². The molecule has 7 aromatic rings. The predicted molar refractivity (Wildman–Crippen MR) is 150 cm³/mol. The molecule has 37 heavy (non-hydrogen) atoms. The SMILES string of the molecule is C=N/C=C\c1c(C)n(-c2ccccc2)c2cnc3c4ccncc4n(-c4ncc5ccccc5n4)c3c12. The standard InChI is InChI=1S/C30H21N7/c1-19-22(12-14-31-2)27-26(36(19)21-9-4-3-5-10-21)18-33-28-23-13-15-32-17-25(23)37(29(27)28)30-34-16-20-8-6-7-11-24(20)35-30/h3-18H,2H2,1H3/b14-12-. The van der Waals surface area contributed by atoms with Crippen molar-refractivity contribution in [2.75, 3.05) is 0 Å². The zero-order chi connectivity index (χ0) is 24.9. The van der Waals surface area contributed by atoms with Crippen molar-refractivity contribution in [3.8, 4) is 11.6 Å². The molecule has 2 aromatic carbocycles. The van der Waals surface area contributed by atoms with E-state index in [9.17, 15) is 0 Å². The molecule has 0 amide bonds. The van der Waals surface area contributed by atoms with Crippen molar-refractivity contribution in [1.82, 2.24) is 29.1 Å². The number of para-hydroxylation sites is 2. The van der Waals surface area contributed by atoms with E-state index in [0.717, 1.165) is 60.7 Å². The van der Waals surface area contributed by atoms with Crippen molar-refractivity contribution in [2.24, 2.45) is 4.99 Å². The van der Waals surface area contributed by atoms with Gasteiger partial charge in [0.05, 0.1) is 40.0 Å². The van der Waals surface area contributed by atoms with E-state index in [1.165, 1.54) is 0 Å². The van der Waals surface area contributed by atoms with Crippen LogP contribution in [0.25, 0.3) is 61.5 Å². The second kappa shape index (κ2) is 8.20. The normalized spacial score (nSPS) is 11.9. The molecule has 0 unspecified atom stereocenters. The van der Waals surface area contributed by atoms with Crippen LogP contribution in [0.5, 0.6) is 0 Å². The van der Waals surface area contributed by atoms with Gasteiger partial charge in [-0.2, -0.15) is 0 Å². The molecule has 0 saturated heterocycles. The largest absolute Gasteiger partial charge is 0.312 e. The first-order chi connectivity index (χ1) is 18.3. The highest BCUT2D eigenvalue weighted by atomic mass is 15.2. The number of nitrogens with zero attached hydrogens (tertiary/aromatic N) is 7. The van der Waals surface area contributed by atoms with E-state index >= 15 is 0 Å². The number of aromatic nitrogens is 6. The Kier molecular flexibility index (Phi) is 4.69. The lowest BCUT2D eigenvalue weighted by Gasteiger charge is -2.09. The number of rotatable bonds is 4. The Labute approximate surface area is 212 Å². The molecular formula is C30H21N7. The predicted octanol–water partition coefficient (Wildman–Crippen LogP) is 6.44. The van der Waals surface area contributed by atoms with Gasteiger partial charge < -0.3 is 4.57 Å². The summed E-state index contributed by atoms with van der Waals surface area (Å²) in [6.45, 7) is 5.77. The fraction of sp³-hybridized carbons (Fsp3) is 0.0333. The van der Waals surface area contributed by atoms with Crippen LogP contribution in [0.2, 0.25) is 0 Å². The minimum atomic E-state index is 0.572. The molecule has 5 heterocycles. The topological polar surface area (TPSA) is 73.8 Å². The van der Waals surface area contributed by atoms with Crippen LogP contribution in [0.15, 0.2) is 96.6 Å². The molecule has 0 spiro atoms. The summed E-state index contributed by atoms with van der Waals surface area (Å²) in [6, 6.07) is 20.3. The van der Waals surface area contributed by atoms with Gasteiger partial charge in [0, 0.05) is 51.7 Å². The summed E-state index contributed by atoms with van der Waals surface area (Å²) in [5.74, 6) is 0.572. The zero-order valence-corrected chi connectivity index (χ0v) is 20.1. The molecule has 0 bridgehead atoms. The first kappa shape index (κ1) is 21.1. The zero-order valence-electron chi connectivity index (χ0n) is 20.1. The van der Waals surface area contributed by atoms with Gasteiger partial charge in [-0.1, -0.05) is 36.4 Å². The van der Waals surface area contributed by atoms with Crippen LogP contribution in [0, 0.1) is 6.92 Å². The number of pyridine rings is 2. The molecule has 5 aromatic heterocycles. The van der Waals surface area contributed by atoms with Gasteiger partial charge in [0.25, 0.3) is 0 Å². The van der Waals surface area contributed by atoms with Gasteiger partial charge in [-0.05, 0) is 44.0 Å². The van der Waals surface area contributed by atoms with E-state index in [0.29, 0.717) is 5.95 Å². The van der Waals surface area contributed by atoms with Gasteiger partial charge in [-0.15, -0.1) is 0 Å². The highest BCUT2D eigenvalue weighted by Crippen LogP contribution is 2.39. The average molecular weight is 480 g/mol. The minimum absolute atomic E-state index is 0.572. The second-order valence-corrected chi connectivity index (χ2v) is 8.84. The summed E-state index contributed by atoms with van der Waals surface area (Å²) < 4.78 is 4.30. The summed E-state index contributed by atoms with van der Waals surface area (Å²) in [5.41, 5.74) is 7.73. The Hall–Kier alpha value is -5.17. The van der Waals surface area contributed by atoms with Crippen molar-refractivity contribution < 1.29 is 0 Å². The van der Waals surface area contributed by atoms with Gasteiger partial charge in [-0.3, -0.25) is 19.5 Å². The van der Waals surface area contributed by atoms with E-state index < -0.39 is 0 Å². The van der Waals surface area contributed by atoms with Crippen LogP contribution >= 0.6 is 0 Å². The molecule has 0 fully saturated rings. The quantitative estimate of drug-likeness (QED) is 0.272. The minimum Gasteiger partial charge on any atom is -0.312 e. The highest BCUT2D eigenvalue weighted by Gasteiger charge is 2.23. The van der Waals surface area contributed by atoms with Crippen molar-refractivity contribution >= 4 is 56.5 Å². The van der Waals surface area contributed by atoms with Gasteiger partial charge in [0.15, 0.2) is 0 Å². The molecule has 7 rings (SSSR count). The molecule has 7 nitrogen and oxygen atoms in total. The number of hydrogen-bond donors (Lipinski definition) is 0. The summed E-state index contributed by atoms with van der Waals surface area (Å²) in [4.78, 5) is 23.1. The lowest BCUT2D eigenvalue weighted by Crippen LogP contribution is -2.02. The van der Waals surface area contributed by atoms with E-state index in [-0.39, 0.29) is 0 Å². The summed E-state index contributed by atoms with van der Waals surface area (Å²) >= 11 is 0. The maximum Gasteiger partial charge on any atom is 0.235 e. The number of hydrogen-bond acceptors (Lipinski definition) is 5. The van der Waals surface area contributed by atoms with Gasteiger partial charge in [-0.25, -0.2) is 9.97 Å². The molecule has 0 aliphatic heterocycles. The molecular weight excluding hydrogens is 458 g/mol. The molecule has 0 aliphatic carbocycles. The Balaban J connectivity index is 1.70. The summed E-state index contributed by atoms with van der Waals surface area (Å²) in [5, 5.41) is 3.02. The van der Waals surface area contributed by atoms with Crippen molar-refractivity contribution in [3.63, 3.8) is 0 Å². The monoisotopic (exact) mass is 479 g/mol. The van der Waals surface area contributed by atoms with Gasteiger partial charge in [0.2, 0.25) is 5.95 Å². The molecule has 0 aliphatic rings. The molecule has 7 heteroatoms. The average Bonchev–Trinajstić information content (AvgIpc) is 3.43. The molecule has 176 valence electrons. The Morgan fingerprint density at radius 3 is 2.57 bits per heavy atom. The smallest absolute Gasteiger partial charge is 0.235 e. The van der Waals surface area contributed by atoms with Crippen LogP contribution in [0.3, 0.4) is 0 Å². The first-order valence-corrected chi connectivity index (χ1v) is 11.9. The molecule has 0 atom stereocenters. The van der Waals surface area contributed by atoms with Crippen LogP contribution in [-0.2, 0) is 0 Å². The Morgan fingerprint density at radius 2 is 1.70 bits per heavy atom. The second-order valence-electron chi connectivity index (χ2n) is 8.84. The van der Waals surface area contributed by atoms with Crippen LogP contribution in [0.1, 0.15) is 11.3 Å². The first-order valence-electron chi connectivity index (χ1n) is 11.9. The highest BCUT2D eigenvalue weighted by molar-refractivity contribution is 6.18. The molecule has 0 saturated carbocycles. The van der Waals surface area contributed by atoms with Crippen molar-refractivity contribution in [1.29, 1.82) is 0 Å². The fourth-order valence-corrected chi connectivity index (χ4v) is 5.23. The van der Waals surface area contributed by atoms with Crippen molar-refractivity contribution in [2.45, 2.75) is 6.92 Å². The van der Waals surface area contributed by atoms with Crippen molar-refractivity contribution in [3.05, 3.63) is 103 Å². The summed E-state index contributed by atoms with van der Waals surface area (Å²) in [6.07, 6.45) is 11.2. The van der Waals surface area contributed by atoms with E-state index in [4.69, 9.17) is 15.0 Å². The number of fused-ring (bicyclic) bond motifs is 6. The number of benzene rings is 2. The molecule has 0 radical (unpaired) electrons. The van der Waals surface area contributed by atoms with E-state index in [1.807, 2.05) is 73.2 Å². The van der Waals surface area contributed by atoms with E-state index in [2.05, 4.69) is 44.9 Å². The molecule has 0 N–H and O–H groups in total. The fourth-order valence-electron chi connectivity index (χ4n) is 5.23. The third kappa shape index (κ3) is 3.11. The lowest BCUT2D eigenvalue weighted by atomic mass is 10.1. The number of aliphatic imine (C=N–C) groups is 1. The van der Waals surface area contributed by atoms with Gasteiger partial charge >= 0.3 is 0 Å². The van der Waals surface area contributed by atoms with Crippen LogP contribution < -0.4 is 0 Å². The maximum absolute atomic E-state index is 4.98.